The van der Waals surface area contributed by atoms with Crippen LogP contribution in [0.5, 0.6) is 0 Å². The van der Waals surface area contributed by atoms with Crippen LogP contribution in [0.1, 0.15) is 219 Å². The molecule has 1 atom stereocenters. The first-order chi connectivity index (χ1) is 26.4. The summed E-state index contributed by atoms with van der Waals surface area (Å²) >= 11 is 0. The van der Waals surface area contributed by atoms with E-state index < -0.39 is 5.79 Å². The minimum Gasteiger partial charge on any atom is -0.347 e. The number of allylic oxidation sites excluding steroid dienone is 6. The van der Waals surface area contributed by atoms with Gasteiger partial charge in [-0.1, -0.05) is 147 Å². The molecular formula is C49H90N2O3. The summed E-state index contributed by atoms with van der Waals surface area (Å²) in [6, 6.07) is 0. The first kappa shape index (κ1) is 48.7. The van der Waals surface area contributed by atoms with E-state index in [0.717, 1.165) is 58.2 Å². The average molecular weight is 755 g/mol. The van der Waals surface area contributed by atoms with Gasteiger partial charge in [0, 0.05) is 32.4 Å². The molecule has 1 spiro atoms. The van der Waals surface area contributed by atoms with Gasteiger partial charge in [-0.15, -0.1) is 0 Å². The highest BCUT2D eigenvalue weighted by atomic mass is 16.8. The number of carbonyl (C=O) groups is 1. The van der Waals surface area contributed by atoms with E-state index in [4.69, 9.17) is 9.47 Å². The van der Waals surface area contributed by atoms with Crippen LogP contribution in [-0.4, -0.2) is 67.4 Å². The monoisotopic (exact) mass is 755 g/mol. The van der Waals surface area contributed by atoms with E-state index in [2.05, 4.69) is 74.2 Å². The molecule has 2 aliphatic rings. The Morgan fingerprint density at radius 2 is 1.00 bits per heavy atom. The van der Waals surface area contributed by atoms with Gasteiger partial charge < -0.3 is 19.3 Å². The first-order valence-corrected chi connectivity index (χ1v) is 23.7. The molecular weight excluding hydrogens is 665 g/mol. The minimum atomic E-state index is -0.423. The molecule has 1 unspecified atom stereocenters. The summed E-state index contributed by atoms with van der Waals surface area (Å²) in [5.41, 5.74) is -0.207. The molecule has 0 aromatic heterocycles. The molecule has 0 aromatic carbocycles. The van der Waals surface area contributed by atoms with Gasteiger partial charge in [-0.2, -0.15) is 0 Å². The third-order valence-corrected chi connectivity index (χ3v) is 11.9. The number of amides is 1. The number of ether oxygens (including phenoxy) is 2. The highest BCUT2D eigenvalue weighted by Gasteiger charge is 2.51. The topological polar surface area (TPSA) is 42.0 Å². The molecule has 2 rings (SSSR count). The summed E-state index contributed by atoms with van der Waals surface area (Å²) in [5, 5.41) is 0. The Labute approximate surface area is 336 Å². The Bertz CT molecular complexity index is 966. The number of likely N-dealkylation sites (tertiary alicyclic amines) is 1. The summed E-state index contributed by atoms with van der Waals surface area (Å²) in [7, 11) is 4.15. The molecule has 2 aliphatic heterocycles. The molecule has 54 heavy (non-hydrogen) atoms. The lowest BCUT2D eigenvalue weighted by Crippen LogP contribution is -2.49. The van der Waals surface area contributed by atoms with Crippen molar-refractivity contribution in [2.24, 2.45) is 0 Å². The van der Waals surface area contributed by atoms with Crippen molar-refractivity contribution >= 4 is 5.91 Å². The summed E-state index contributed by atoms with van der Waals surface area (Å²) in [6.07, 6.45) is 53.6. The molecule has 0 bridgehead atoms. The number of nitrogens with zero attached hydrogens (tertiary/aromatic N) is 2. The lowest BCUT2D eigenvalue weighted by molar-refractivity contribution is -0.204. The van der Waals surface area contributed by atoms with Crippen molar-refractivity contribution in [2.75, 3.05) is 40.3 Å². The van der Waals surface area contributed by atoms with Crippen LogP contribution in [0.2, 0.25) is 0 Å². The second kappa shape index (κ2) is 32.6. The fourth-order valence-electron chi connectivity index (χ4n) is 8.23. The van der Waals surface area contributed by atoms with E-state index in [0.29, 0.717) is 18.9 Å². The van der Waals surface area contributed by atoms with Crippen molar-refractivity contribution < 1.29 is 14.3 Å². The van der Waals surface area contributed by atoms with E-state index in [1.54, 1.807) is 0 Å². The zero-order chi connectivity index (χ0) is 38.8. The molecule has 0 N–H and O–H groups in total. The van der Waals surface area contributed by atoms with E-state index in [-0.39, 0.29) is 5.60 Å². The smallest absolute Gasteiger partial charge is 0.222 e. The van der Waals surface area contributed by atoms with Crippen LogP contribution in [-0.2, 0) is 14.3 Å². The number of rotatable bonds is 35. The van der Waals surface area contributed by atoms with Crippen molar-refractivity contribution in [1.82, 2.24) is 9.80 Å². The fraction of sp³-hybridized carbons (Fsp3) is 0.857. The van der Waals surface area contributed by atoms with Crippen molar-refractivity contribution in [2.45, 2.75) is 231 Å². The molecule has 0 saturated carbocycles. The molecule has 1 amide bonds. The Hall–Kier alpha value is -1.43. The molecule has 314 valence electrons. The predicted molar refractivity (Wildman–Crippen MR) is 234 cm³/mol. The standard InChI is InChI=1S/C49H90N2O3/c1-5-7-9-11-13-15-17-19-21-23-25-27-29-31-33-35-39-49(40-36-34-32-30-28-26-24-22-20-18-16-14-12-10-8-6-2)53-46-48(54-49)41-44-51(45-42-48)47(52)38-37-43-50(3)4/h13,15,19-22H,5-12,14,16-18,23-46H2,1-4H3/b15-13-,21-19-,22-20-. The molecule has 0 aromatic rings. The Kier molecular flexibility index (Phi) is 29.4. The van der Waals surface area contributed by atoms with Gasteiger partial charge in [0.05, 0.1) is 12.2 Å². The molecule has 2 fully saturated rings. The van der Waals surface area contributed by atoms with Crippen molar-refractivity contribution in [3.63, 3.8) is 0 Å². The van der Waals surface area contributed by atoms with Crippen molar-refractivity contribution in [1.29, 1.82) is 0 Å². The molecule has 5 heteroatoms. The number of unbranched alkanes of at least 4 members (excludes halogenated alkanes) is 21. The maximum atomic E-state index is 12.9. The summed E-state index contributed by atoms with van der Waals surface area (Å²) in [5.74, 6) is -0.115. The van der Waals surface area contributed by atoms with E-state index in [1.807, 2.05) is 0 Å². The lowest BCUT2D eigenvalue weighted by atomic mass is 9.91. The van der Waals surface area contributed by atoms with Gasteiger partial charge in [0.15, 0.2) is 5.79 Å². The maximum absolute atomic E-state index is 12.9. The fourth-order valence-corrected chi connectivity index (χ4v) is 8.23. The SMILES string of the molecule is CCCCC/C=C\C/C=C\CCCCCCCCC1(CCCCCCCC/C=C\CCCCCCCC)OCC2(CCN(C(=O)CCCN(C)C)CC2)O1. The van der Waals surface area contributed by atoms with Gasteiger partial charge in [0.2, 0.25) is 5.91 Å². The van der Waals surface area contributed by atoms with Crippen LogP contribution in [0.3, 0.4) is 0 Å². The summed E-state index contributed by atoms with van der Waals surface area (Å²) < 4.78 is 13.8. The quantitative estimate of drug-likeness (QED) is 0.0477. The molecule has 0 radical (unpaired) electrons. The lowest BCUT2D eigenvalue weighted by Gasteiger charge is -2.39. The second-order valence-electron chi connectivity index (χ2n) is 17.3. The van der Waals surface area contributed by atoms with Gasteiger partial charge in [0.25, 0.3) is 0 Å². The van der Waals surface area contributed by atoms with Gasteiger partial charge in [0.1, 0.15) is 0 Å². The summed E-state index contributed by atoms with van der Waals surface area (Å²) in [6.45, 7) is 7.83. The predicted octanol–water partition coefficient (Wildman–Crippen LogP) is 14.1. The molecule has 0 aliphatic carbocycles. The van der Waals surface area contributed by atoms with E-state index in [1.165, 1.54) is 161 Å². The zero-order valence-corrected chi connectivity index (χ0v) is 36.5. The largest absolute Gasteiger partial charge is 0.347 e. The highest BCUT2D eigenvalue weighted by molar-refractivity contribution is 5.76. The van der Waals surface area contributed by atoms with E-state index >= 15 is 0 Å². The van der Waals surface area contributed by atoms with Crippen LogP contribution in [0.25, 0.3) is 0 Å². The summed E-state index contributed by atoms with van der Waals surface area (Å²) in [4.78, 5) is 17.1. The first-order valence-electron chi connectivity index (χ1n) is 23.7. The molecule has 2 heterocycles. The Morgan fingerprint density at radius 1 is 0.574 bits per heavy atom. The zero-order valence-electron chi connectivity index (χ0n) is 36.5. The number of hydrogen-bond donors (Lipinski definition) is 0. The van der Waals surface area contributed by atoms with Gasteiger partial charge in [-0.25, -0.2) is 0 Å². The van der Waals surface area contributed by atoms with Gasteiger partial charge in [-0.05, 0) is 111 Å². The Balaban J connectivity index is 1.67. The minimum absolute atomic E-state index is 0.207. The maximum Gasteiger partial charge on any atom is 0.222 e. The van der Waals surface area contributed by atoms with Crippen LogP contribution < -0.4 is 0 Å². The van der Waals surface area contributed by atoms with Gasteiger partial charge in [-0.3, -0.25) is 4.79 Å². The van der Waals surface area contributed by atoms with Gasteiger partial charge >= 0.3 is 0 Å². The van der Waals surface area contributed by atoms with Crippen LogP contribution in [0, 0.1) is 0 Å². The molecule has 5 nitrogen and oxygen atoms in total. The third kappa shape index (κ3) is 24.3. The number of carbonyl (C=O) groups excluding carboxylic acids is 1. The Morgan fingerprint density at radius 3 is 1.50 bits per heavy atom. The second-order valence-corrected chi connectivity index (χ2v) is 17.3. The number of hydrogen-bond acceptors (Lipinski definition) is 4. The third-order valence-electron chi connectivity index (χ3n) is 11.9. The van der Waals surface area contributed by atoms with Crippen LogP contribution >= 0.6 is 0 Å². The van der Waals surface area contributed by atoms with E-state index in [9.17, 15) is 4.79 Å². The average Bonchev–Trinajstić information content (AvgIpc) is 3.51. The molecule has 2 saturated heterocycles. The number of piperidine rings is 1. The van der Waals surface area contributed by atoms with Crippen molar-refractivity contribution in [3.8, 4) is 0 Å². The van der Waals surface area contributed by atoms with Crippen molar-refractivity contribution in [3.05, 3.63) is 36.5 Å². The normalized spacial score (nSPS) is 18.9. The van der Waals surface area contributed by atoms with Crippen LogP contribution in [0.15, 0.2) is 36.5 Å². The highest BCUT2D eigenvalue weighted by Crippen LogP contribution is 2.44. The van der Waals surface area contributed by atoms with Crippen LogP contribution in [0.4, 0.5) is 0 Å².